The summed E-state index contributed by atoms with van der Waals surface area (Å²) in [5, 5.41) is -0.375. The first kappa shape index (κ1) is 16.9. The first-order valence-electron chi connectivity index (χ1n) is 7.52. The number of nitrogens with zero attached hydrogens (tertiary/aromatic N) is 1. The average Bonchev–Trinajstić information content (AvgIpc) is 2.35. The first-order valence-corrected chi connectivity index (χ1v) is 9.02. The Balaban J connectivity index is 3.14. The smallest absolute Gasteiger partial charge is 0.216 e. The molecule has 0 spiro atoms. The van der Waals surface area contributed by atoms with Gasteiger partial charge in [-0.1, -0.05) is 26.7 Å². The van der Waals surface area contributed by atoms with E-state index in [2.05, 4.69) is 6.92 Å². The normalized spacial score (nSPS) is 29.1. The summed E-state index contributed by atoms with van der Waals surface area (Å²) in [5.74, 6) is 0.555. The molecule has 4 nitrogen and oxygen atoms in total. The maximum Gasteiger partial charge on any atom is 0.216 e. The van der Waals surface area contributed by atoms with E-state index < -0.39 is 10.0 Å². The molecule has 2 atom stereocenters. The lowest BCUT2D eigenvalue weighted by molar-refractivity contribution is 0.108. The molecule has 0 heterocycles. The fourth-order valence-corrected chi connectivity index (χ4v) is 4.96. The molecule has 0 aromatic heterocycles. The van der Waals surface area contributed by atoms with E-state index >= 15 is 0 Å². The van der Waals surface area contributed by atoms with Crippen LogP contribution in [0.2, 0.25) is 0 Å². The van der Waals surface area contributed by atoms with Crippen LogP contribution >= 0.6 is 0 Å². The highest BCUT2D eigenvalue weighted by Crippen LogP contribution is 2.38. The van der Waals surface area contributed by atoms with Crippen LogP contribution in [0.15, 0.2) is 0 Å². The van der Waals surface area contributed by atoms with Crippen molar-refractivity contribution in [2.24, 2.45) is 11.7 Å². The zero-order valence-electron chi connectivity index (χ0n) is 12.9. The zero-order chi connectivity index (χ0) is 14.7. The fourth-order valence-electron chi connectivity index (χ4n) is 3.24. The third kappa shape index (κ3) is 3.50. The van der Waals surface area contributed by atoms with E-state index in [9.17, 15) is 8.42 Å². The van der Waals surface area contributed by atoms with Gasteiger partial charge in [0.15, 0.2) is 0 Å². The summed E-state index contributed by atoms with van der Waals surface area (Å²) in [6.07, 6.45) is 4.90. The molecule has 0 bridgehead atoms. The van der Waals surface area contributed by atoms with Crippen molar-refractivity contribution in [1.29, 1.82) is 0 Å². The topological polar surface area (TPSA) is 63.4 Å². The molecule has 0 aliphatic heterocycles. The summed E-state index contributed by atoms with van der Waals surface area (Å²) in [6.45, 7) is 8.77. The third-order valence-electron chi connectivity index (χ3n) is 4.31. The molecular formula is C14H30N2O2S. The van der Waals surface area contributed by atoms with Crippen molar-refractivity contribution < 1.29 is 8.42 Å². The van der Waals surface area contributed by atoms with Crippen LogP contribution in [0.3, 0.4) is 0 Å². The number of rotatable bonds is 6. The SMILES string of the molecule is CCCN(C1(CN)CCCC(C)C1)S(=O)(=O)C(C)C. The average molecular weight is 290 g/mol. The van der Waals surface area contributed by atoms with E-state index in [0.29, 0.717) is 19.0 Å². The Morgan fingerprint density at radius 2 is 2.05 bits per heavy atom. The van der Waals surface area contributed by atoms with Crippen molar-refractivity contribution in [3.05, 3.63) is 0 Å². The van der Waals surface area contributed by atoms with Crippen molar-refractivity contribution in [3.63, 3.8) is 0 Å². The molecule has 1 aliphatic carbocycles. The summed E-state index contributed by atoms with van der Waals surface area (Å²) >= 11 is 0. The molecular weight excluding hydrogens is 260 g/mol. The van der Waals surface area contributed by atoms with E-state index in [1.807, 2.05) is 6.92 Å². The number of nitrogens with two attached hydrogens (primary N) is 1. The van der Waals surface area contributed by atoms with Crippen LogP contribution in [0.4, 0.5) is 0 Å². The molecule has 1 saturated carbocycles. The quantitative estimate of drug-likeness (QED) is 0.816. The maximum atomic E-state index is 12.7. The second kappa shape index (κ2) is 6.55. The molecule has 1 fully saturated rings. The molecule has 114 valence electrons. The fraction of sp³-hybridized carbons (Fsp3) is 1.00. The van der Waals surface area contributed by atoms with Crippen LogP contribution in [0.25, 0.3) is 0 Å². The predicted octanol–water partition coefficient (Wildman–Crippen LogP) is 2.34. The maximum absolute atomic E-state index is 12.7. The van der Waals surface area contributed by atoms with Crippen molar-refractivity contribution >= 4 is 10.0 Å². The van der Waals surface area contributed by atoms with Crippen molar-refractivity contribution in [2.45, 2.75) is 70.6 Å². The third-order valence-corrected chi connectivity index (χ3v) is 6.68. The molecule has 2 unspecified atom stereocenters. The lowest BCUT2D eigenvalue weighted by atomic mass is 9.76. The van der Waals surface area contributed by atoms with Gasteiger partial charge in [0.1, 0.15) is 0 Å². The zero-order valence-corrected chi connectivity index (χ0v) is 13.7. The van der Waals surface area contributed by atoms with Crippen LogP contribution in [-0.4, -0.2) is 36.6 Å². The van der Waals surface area contributed by atoms with Gasteiger partial charge in [0.25, 0.3) is 0 Å². The summed E-state index contributed by atoms with van der Waals surface area (Å²) < 4.78 is 27.1. The van der Waals surface area contributed by atoms with Crippen LogP contribution in [0.1, 0.15) is 59.8 Å². The molecule has 0 aromatic rings. The van der Waals surface area contributed by atoms with Gasteiger partial charge in [0, 0.05) is 18.6 Å². The molecule has 19 heavy (non-hydrogen) atoms. The molecule has 0 aromatic carbocycles. The molecule has 0 amide bonds. The Hall–Kier alpha value is -0.130. The highest BCUT2D eigenvalue weighted by atomic mass is 32.2. The van der Waals surface area contributed by atoms with Gasteiger partial charge >= 0.3 is 0 Å². The Morgan fingerprint density at radius 3 is 2.47 bits per heavy atom. The van der Waals surface area contributed by atoms with Gasteiger partial charge in [-0.15, -0.1) is 0 Å². The molecule has 2 N–H and O–H groups in total. The van der Waals surface area contributed by atoms with Crippen molar-refractivity contribution in [3.8, 4) is 0 Å². The van der Waals surface area contributed by atoms with E-state index in [-0.39, 0.29) is 10.8 Å². The Bertz CT molecular complexity index is 381. The van der Waals surface area contributed by atoms with E-state index in [4.69, 9.17) is 5.73 Å². The summed E-state index contributed by atoms with van der Waals surface area (Å²) in [4.78, 5) is 0. The monoisotopic (exact) mass is 290 g/mol. The van der Waals surface area contributed by atoms with Crippen LogP contribution in [-0.2, 0) is 10.0 Å². The Labute approximate surface area is 118 Å². The van der Waals surface area contributed by atoms with E-state index in [1.54, 1.807) is 18.2 Å². The van der Waals surface area contributed by atoms with Gasteiger partial charge in [-0.05, 0) is 39.0 Å². The highest BCUT2D eigenvalue weighted by Gasteiger charge is 2.45. The largest absolute Gasteiger partial charge is 0.329 e. The van der Waals surface area contributed by atoms with E-state index in [0.717, 1.165) is 25.7 Å². The van der Waals surface area contributed by atoms with Crippen LogP contribution in [0, 0.1) is 5.92 Å². The minimum atomic E-state index is -3.24. The molecule has 1 rings (SSSR count). The number of sulfonamides is 1. The molecule has 0 saturated heterocycles. The van der Waals surface area contributed by atoms with Gasteiger partial charge in [0.05, 0.1) is 5.25 Å². The number of hydrogen-bond acceptors (Lipinski definition) is 3. The van der Waals surface area contributed by atoms with Gasteiger partial charge in [-0.3, -0.25) is 0 Å². The standard InChI is InChI=1S/C14H30N2O2S/c1-5-9-16(19(17,18)12(2)3)14(11-15)8-6-7-13(4)10-14/h12-13H,5-11,15H2,1-4H3. The number of hydrogen-bond donors (Lipinski definition) is 1. The predicted molar refractivity (Wildman–Crippen MR) is 80.5 cm³/mol. The lowest BCUT2D eigenvalue weighted by Gasteiger charge is -2.47. The minimum Gasteiger partial charge on any atom is -0.329 e. The van der Waals surface area contributed by atoms with Gasteiger partial charge in [0.2, 0.25) is 10.0 Å². The molecule has 5 heteroatoms. The van der Waals surface area contributed by atoms with Crippen LogP contribution < -0.4 is 5.73 Å². The Kier molecular flexibility index (Phi) is 5.83. The summed E-state index contributed by atoms with van der Waals surface area (Å²) in [6, 6.07) is 0. The molecule has 1 aliphatic rings. The van der Waals surface area contributed by atoms with Gasteiger partial charge in [-0.2, -0.15) is 4.31 Å². The lowest BCUT2D eigenvalue weighted by Crippen LogP contribution is -2.59. The minimum absolute atomic E-state index is 0.350. The van der Waals surface area contributed by atoms with Gasteiger partial charge < -0.3 is 5.73 Å². The summed E-state index contributed by atoms with van der Waals surface area (Å²) in [7, 11) is -3.24. The Morgan fingerprint density at radius 1 is 1.42 bits per heavy atom. The van der Waals surface area contributed by atoms with E-state index in [1.165, 1.54) is 6.42 Å². The summed E-state index contributed by atoms with van der Waals surface area (Å²) in [5.41, 5.74) is 5.67. The van der Waals surface area contributed by atoms with Crippen LogP contribution in [0.5, 0.6) is 0 Å². The van der Waals surface area contributed by atoms with Crippen molar-refractivity contribution in [1.82, 2.24) is 4.31 Å². The molecule has 0 radical (unpaired) electrons. The first-order chi connectivity index (χ1) is 8.80. The highest BCUT2D eigenvalue weighted by molar-refractivity contribution is 7.89. The second-order valence-corrected chi connectivity index (χ2v) is 8.71. The van der Waals surface area contributed by atoms with Gasteiger partial charge in [-0.25, -0.2) is 8.42 Å². The van der Waals surface area contributed by atoms with Crippen molar-refractivity contribution in [2.75, 3.05) is 13.1 Å². The second-order valence-electron chi connectivity index (χ2n) is 6.30.